The number of hydrogen-bond donors (Lipinski definition) is 0. The molecule has 35 heavy (non-hydrogen) atoms. The van der Waals surface area contributed by atoms with E-state index in [2.05, 4.69) is 4.98 Å². The second kappa shape index (κ2) is 9.56. The summed E-state index contributed by atoms with van der Waals surface area (Å²) in [6.45, 7) is 2.21. The molecule has 0 bridgehead atoms. The molecule has 0 atom stereocenters. The standard InChI is InChI=1S/C27H20Cl2N2O4/c1-16-9-10-17-5-4-8-23(25(17)30-16)35-15-20-21(28)11-12-22(24(20)29)34-14-13-31-26(32)18-6-2-3-7-19(18)27(31)33/h2-12H,13-15H2,1H3. The predicted octanol–water partition coefficient (Wildman–Crippen LogP) is 6.10. The smallest absolute Gasteiger partial charge is 0.261 e. The number of nitrogens with zero attached hydrogens (tertiary/aromatic N) is 2. The highest BCUT2D eigenvalue weighted by Crippen LogP contribution is 2.35. The molecule has 1 aliphatic rings. The van der Waals surface area contributed by atoms with Crippen LogP contribution in [0.2, 0.25) is 10.0 Å². The number of aromatic nitrogens is 1. The van der Waals surface area contributed by atoms with E-state index in [9.17, 15) is 9.59 Å². The highest BCUT2D eigenvalue weighted by atomic mass is 35.5. The van der Waals surface area contributed by atoms with E-state index < -0.39 is 0 Å². The Morgan fingerprint density at radius 2 is 1.57 bits per heavy atom. The first-order valence-electron chi connectivity index (χ1n) is 11.0. The van der Waals surface area contributed by atoms with Gasteiger partial charge in [0.1, 0.15) is 30.2 Å². The molecule has 0 spiro atoms. The first-order chi connectivity index (χ1) is 16.9. The van der Waals surface area contributed by atoms with Gasteiger partial charge in [-0.25, -0.2) is 4.98 Å². The fraction of sp³-hybridized carbons (Fsp3) is 0.148. The lowest BCUT2D eigenvalue weighted by atomic mass is 10.1. The Hall–Kier alpha value is -3.61. The minimum absolute atomic E-state index is 0.0830. The van der Waals surface area contributed by atoms with Gasteiger partial charge >= 0.3 is 0 Å². The Morgan fingerprint density at radius 1 is 0.829 bits per heavy atom. The molecule has 5 rings (SSSR count). The number of aryl methyl sites for hydroxylation is 1. The van der Waals surface area contributed by atoms with Gasteiger partial charge < -0.3 is 9.47 Å². The summed E-state index contributed by atoms with van der Waals surface area (Å²) < 4.78 is 11.9. The number of fused-ring (bicyclic) bond motifs is 2. The number of halogens is 2. The summed E-state index contributed by atoms with van der Waals surface area (Å²) in [4.78, 5) is 30.8. The van der Waals surface area contributed by atoms with E-state index in [4.69, 9.17) is 32.7 Å². The van der Waals surface area contributed by atoms with Crippen molar-refractivity contribution < 1.29 is 19.1 Å². The van der Waals surface area contributed by atoms with Crippen LogP contribution < -0.4 is 9.47 Å². The lowest BCUT2D eigenvalue weighted by Crippen LogP contribution is -2.33. The van der Waals surface area contributed by atoms with E-state index in [1.807, 2.05) is 37.3 Å². The van der Waals surface area contributed by atoms with E-state index in [-0.39, 0.29) is 31.6 Å². The number of benzene rings is 3. The molecule has 0 aliphatic carbocycles. The van der Waals surface area contributed by atoms with E-state index in [1.165, 1.54) is 4.90 Å². The first kappa shape index (κ1) is 23.1. The van der Waals surface area contributed by atoms with Crippen molar-refractivity contribution in [1.82, 2.24) is 9.88 Å². The third-order valence-electron chi connectivity index (χ3n) is 5.80. The number of hydrogen-bond acceptors (Lipinski definition) is 5. The zero-order valence-corrected chi connectivity index (χ0v) is 20.3. The van der Waals surface area contributed by atoms with E-state index in [0.29, 0.717) is 38.2 Å². The third kappa shape index (κ3) is 4.43. The molecule has 3 aromatic carbocycles. The molecule has 0 fully saturated rings. The molecule has 0 N–H and O–H groups in total. The molecule has 1 aliphatic heterocycles. The molecule has 0 radical (unpaired) electrons. The summed E-state index contributed by atoms with van der Waals surface area (Å²) in [5.74, 6) is 0.349. The van der Waals surface area contributed by atoms with Crippen molar-refractivity contribution >= 4 is 45.9 Å². The molecule has 8 heteroatoms. The molecule has 2 amide bonds. The fourth-order valence-corrected chi connectivity index (χ4v) is 4.53. The van der Waals surface area contributed by atoms with Crippen LogP contribution in [0.4, 0.5) is 0 Å². The highest BCUT2D eigenvalue weighted by molar-refractivity contribution is 6.37. The predicted molar refractivity (Wildman–Crippen MR) is 135 cm³/mol. The average molecular weight is 507 g/mol. The zero-order chi connectivity index (χ0) is 24.5. The van der Waals surface area contributed by atoms with Gasteiger partial charge in [0.25, 0.3) is 11.8 Å². The molecular weight excluding hydrogens is 487 g/mol. The van der Waals surface area contributed by atoms with Gasteiger partial charge in [-0.2, -0.15) is 0 Å². The van der Waals surface area contributed by atoms with Crippen molar-refractivity contribution in [2.24, 2.45) is 0 Å². The summed E-state index contributed by atoms with van der Waals surface area (Å²) in [5.41, 5.74) is 3.02. The van der Waals surface area contributed by atoms with Crippen LogP contribution in [-0.2, 0) is 6.61 Å². The summed E-state index contributed by atoms with van der Waals surface area (Å²) in [7, 11) is 0. The van der Waals surface area contributed by atoms with E-state index in [0.717, 1.165) is 16.6 Å². The van der Waals surface area contributed by atoms with Crippen LogP contribution in [0.1, 0.15) is 32.0 Å². The van der Waals surface area contributed by atoms with Gasteiger partial charge in [0.2, 0.25) is 0 Å². The van der Waals surface area contributed by atoms with Gasteiger partial charge in [0.15, 0.2) is 0 Å². The number of carbonyl (C=O) groups excluding carboxylic acids is 2. The number of pyridine rings is 1. The summed E-state index contributed by atoms with van der Waals surface area (Å²) in [6, 6.07) is 19.7. The quantitative estimate of drug-likeness (QED) is 0.283. The lowest BCUT2D eigenvalue weighted by Gasteiger charge is -2.17. The van der Waals surface area contributed by atoms with Gasteiger partial charge in [0.05, 0.1) is 22.7 Å². The van der Waals surface area contributed by atoms with Crippen LogP contribution in [0.5, 0.6) is 11.5 Å². The number of carbonyl (C=O) groups is 2. The molecule has 0 saturated carbocycles. The van der Waals surface area contributed by atoms with Gasteiger partial charge in [-0.05, 0) is 43.3 Å². The molecule has 6 nitrogen and oxygen atoms in total. The SMILES string of the molecule is Cc1ccc2cccc(OCc3c(Cl)ccc(OCCN4C(=O)c5ccccc5C4=O)c3Cl)c2n1. The Balaban J connectivity index is 1.28. The largest absolute Gasteiger partial charge is 0.490 e. The molecule has 1 aromatic heterocycles. The molecule has 2 heterocycles. The van der Waals surface area contributed by atoms with Crippen LogP contribution in [-0.4, -0.2) is 34.8 Å². The summed E-state index contributed by atoms with van der Waals surface area (Å²) in [5, 5.41) is 1.71. The third-order valence-corrected chi connectivity index (χ3v) is 6.56. The summed E-state index contributed by atoms with van der Waals surface area (Å²) in [6.07, 6.45) is 0. The number of para-hydroxylation sites is 1. The molecule has 4 aromatic rings. The van der Waals surface area contributed by atoms with Crippen LogP contribution in [0.15, 0.2) is 66.7 Å². The van der Waals surface area contributed by atoms with E-state index >= 15 is 0 Å². The van der Waals surface area contributed by atoms with Crippen LogP contribution >= 0.6 is 23.2 Å². The van der Waals surface area contributed by atoms with Crippen LogP contribution in [0.25, 0.3) is 10.9 Å². The minimum atomic E-state index is -0.329. The van der Waals surface area contributed by atoms with Gasteiger partial charge in [-0.3, -0.25) is 14.5 Å². The highest BCUT2D eigenvalue weighted by Gasteiger charge is 2.34. The second-order valence-corrected chi connectivity index (χ2v) is 8.85. The average Bonchev–Trinajstić information content (AvgIpc) is 3.10. The number of imide groups is 1. The summed E-state index contributed by atoms with van der Waals surface area (Å²) >= 11 is 13.0. The first-order valence-corrected chi connectivity index (χ1v) is 11.7. The van der Waals surface area contributed by atoms with Gasteiger partial charge in [-0.15, -0.1) is 0 Å². The lowest BCUT2D eigenvalue weighted by molar-refractivity contribution is 0.0631. The van der Waals surface area contributed by atoms with Gasteiger partial charge in [-0.1, -0.05) is 53.5 Å². The Kier molecular flexibility index (Phi) is 6.32. The van der Waals surface area contributed by atoms with Crippen molar-refractivity contribution in [2.75, 3.05) is 13.2 Å². The van der Waals surface area contributed by atoms with Crippen molar-refractivity contribution in [1.29, 1.82) is 0 Å². The van der Waals surface area contributed by atoms with E-state index in [1.54, 1.807) is 36.4 Å². The van der Waals surface area contributed by atoms with Crippen molar-refractivity contribution in [2.45, 2.75) is 13.5 Å². The fourth-order valence-electron chi connectivity index (χ4n) is 3.99. The normalized spacial score (nSPS) is 12.8. The number of amides is 2. The van der Waals surface area contributed by atoms with Crippen molar-refractivity contribution in [3.05, 3.63) is 99.2 Å². The minimum Gasteiger partial charge on any atom is -0.490 e. The van der Waals surface area contributed by atoms with Gasteiger partial charge in [0, 0.05) is 21.7 Å². The monoisotopic (exact) mass is 506 g/mol. The number of ether oxygens (including phenoxy) is 2. The topological polar surface area (TPSA) is 68.7 Å². The zero-order valence-electron chi connectivity index (χ0n) is 18.8. The van der Waals surface area contributed by atoms with Crippen molar-refractivity contribution in [3.63, 3.8) is 0 Å². The maximum atomic E-state index is 12.5. The molecular formula is C27H20Cl2N2O4. The van der Waals surface area contributed by atoms with Crippen molar-refractivity contribution in [3.8, 4) is 11.5 Å². The molecule has 176 valence electrons. The van der Waals surface area contributed by atoms with Crippen LogP contribution in [0, 0.1) is 6.92 Å². The molecule has 0 unspecified atom stereocenters. The van der Waals surface area contributed by atoms with Crippen LogP contribution in [0.3, 0.4) is 0 Å². The Morgan fingerprint density at radius 3 is 2.31 bits per heavy atom. The Bertz CT molecular complexity index is 1440. The molecule has 0 saturated heterocycles. The maximum absolute atomic E-state index is 12.5. The maximum Gasteiger partial charge on any atom is 0.261 e. The Labute approximate surface area is 212 Å². The number of rotatable bonds is 7. The second-order valence-electron chi connectivity index (χ2n) is 8.06.